The van der Waals surface area contributed by atoms with Crippen molar-refractivity contribution in [2.75, 3.05) is 13.1 Å². The van der Waals surface area contributed by atoms with Crippen LogP contribution in [0.4, 0.5) is 0 Å². The average Bonchev–Trinajstić information content (AvgIpc) is 2.18. The van der Waals surface area contributed by atoms with Crippen LogP contribution >= 0.6 is 12.2 Å². The first-order valence-corrected chi connectivity index (χ1v) is 6.47. The van der Waals surface area contributed by atoms with E-state index in [0.717, 1.165) is 24.7 Å². The predicted octanol–water partition coefficient (Wildman–Crippen LogP) is 2.42. The van der Waals surface area contributed by atoms with E-state index in [2.05, 4.69) is 25.7 Å². The molecule has 2 N–H and O–H groups in total. The van der Waals surface area contributed by atoms with Gasteiger partial charge in [-0.15, -0.1) is 0 Å². The van der Waals surface area contributed by atoms with Crippen molar-refractivity contribution in [1.29, 1.82) is 0 Å². The van der Waals surface area contributed by atoms with Gasteiger partial charge in [0.15, 0.2) is 0 Å². The van der Waals surface area contributed by atoms with Crippen LogP contribution in [0.15, 0.2) is 0 Å². The molecule has 15 heavy (non-hydrogen) atoms. The van der Waals surface area contributed by atoms with Gasteiger partial charge in [0.05, 0.1) is 4.99 Å². The monoisotopic (exact) mass is 228 g/mol. The molecule has 0 spiro atoms. The summed E-state index contributed by atoms with van der Waals surface area (Å²) in [4.78, 5) is 3.23. The van der Waals surface area contributed by atoms with Crippen molar-refractivity contribution in [1.82, 2.24) is 4.90 Å². The average molecular weight is 228 g/mol. The summed E-state index contributed by atoms with van der Waals surface area (Å²) in [7, 11) is 0. The number of thiocarbonyl (C=S) groups is 1. The highest BCUT2D eigenvalue weighted by Crippen LogP contribution is 2.25. The fraction of sp³-hybridized carbons (Fsp3) is 0.917. The smallest absolute Gasteiger partial charge is 0.0743 e. The lowest BCUT2D eigenvalue weighted by Crippen LogP contribution is -2.45. The number of nitrogens with zero attached hydrogens (tertiary/aromatic N) is 1. The fourth-order valence-corrected chi connectivity index (χ4v) is 2.58. The van der Waals surface area contributed by atoms with Gasteiger partial charge < -0.3 is 5.73 Å². The number of hydrogen-bond donors (Lipinski definition) is 1. The molecule has 1 saturated heterocycles. The molecule has 88 valence electrons. The van der Waals surface area contributed by atoms with E-state index in [0.29, 0.717) is 11.0 Å². The molecular formula is C12H24N2S. The van der Waals surface area contributed by atoms with E-state index >= 15 is 0 Å². The van der Waals surface area contributed by atoms with Crippen molar-refractivity contribution in [2.45, 2.75) is 46.1 Å². The summed E-state index contributed by atoms with van der Waals surface area (Å²) in [5.41, 5.74) is 5.64. The zero-order valence-corrected chi connectivity index (χ0v) is 11.0. The lowest BCUT2D eigenvalue weighted by atomic mass is 9.87. The minimum atomic E-state index is 0.567. The van der Waals surface area contributed by atoms with Crippen molar-refractivity contribution >= 4 is 17.2 Å². The molecule has 1 aliphatic heterocycles. The van der Waals surface area contributed by atoms with Gasteiger partial charge in [-0.05, 0) is 31.2 Å². The Kier molecular flexibility index (Phi) is 5.00. The minimum Gasteiger partial charge on any atom is -0.393 e. The van der Waals surface area contributed by atoms with Crippen LogP contribution in [-0.4, -0.2) is 29.0 Å². The summed E-state index contributed by atoms with van der Waals surface area (Å²) < 4.78 is 0. The second-order valence-electron chi connectivity index (χ2n) is 4.97. The molecule has 2 nitrogen and oxygen atoms in total. The first-order valence-electron chi connectivity index (χ1n) is 6.07. The fourth-order valence-electron chi connectivity index (χ4n) is 2.39. The van der Waals surface area contributed by atoms with Gasteiger partial charge in [0.25, 0.3) is 0 Å². The summed E-state index contributed by atoms with van der Waals surface area (Å²) in [6.45, 7) is 9.36. The number of rotatable bonds is 4. The van der Waals surface area contributed by atoms with Crippen molar-refractivity contribution in [3.63, 3.8) is 0 Å². The topological polar surface area (TPSA) is 29.3 Å². The van der Waals surface area contributed by atoms with Crippen LogP contribution in [0.25, 0.3) is 0 Å². The number of likely N-dealkylation sites (tertiary alicyclic amines) is 1. The zero-order chi connectivity index (χ0) is 11.4. The maximum absolute atomic E-state index is 5.64. The first-order chi connectivity index (χ1) is 7.04. The Morgan fingerprint density at radius 1 is 1.47 bits per heavy atom. The molecule has 0 amide bonds. The number of nitrogens with two attached hydrogens (primary N) is 1. The predicted molar refractivity (Wildman–Crippen MR) is 70.0 cm³/mol. The third-order valence-electron chi connectivity index (χ3n) is 3.79. The Labute approximate surface area is 99.2 Å². The van der Waals surface area contributed by atoms with Gasteiger partial charge in [-0.1, -0.05) is 33.0 Å². The molecule has 0 aromatic carbocycles. The van der Waals surface area contributed by atoms with E-state index in [4.69, 9.17) is 18.0 Å². The van der Waals surface area contributed by atoms with Crippen LogP contribution in [0.1, 0.15) is 40.0 Å². The van der Waals surface area contributed by atoms with Crippen molar-refractivity contribution in [2.24, 2.45) is 17.6 Å². The maximum atomic E-state index is 5.64. The van der Waals surface area contributed by atoms with E-state index in [9.17, 15) is 0 Å². The van der Waals surface area contributed by atoms with Gasteiger partial charge in [-0.25, -0.2) is 0 Å². The Morgan fingerprint density at radius 3 is 2.60 bits per heavy atom. The zero-order valence-electron chi connectivity index (χ0n) is 10.2. The van der Waals surface area contributed by atoms with Gasteiger partial charge in [-0.2, -0.15) is 0 Å². The molecule has 0 aromatic heterocycles. The van der Waals surface area contributed by atoms with Crippen LogP contribution in [0.2, 0.25) is 0 Å². The summed E-state index contributed by atoms with van der Waals surface area (Å²) in [5, 5.41) is 0. The number of hydrogen-bond acceptors (Lipinski definition) is 2. The summed E-state index contributed by atoms with van der Waals surface area (Å²) in [6.07, 6.45) is 3.35. The van der Waals surface area contributed by atoms with E-state index in [1.165, 1.54) is 19.5 Å². The standard InChI is InChI=1S/C12H24N2S/c1-4-11(7-12(13)15)14-6-5-9(2)10(3)8-14/h9-11H,4-8H2,1-3H3,(H2,13,15). The van der Waals surface area contributed by atoms with Gasteiger partial charge >= 0.3 is 0 Å². The van der Waals surface area contributed by atoms with E-state index in [1.54, 1.807) is 0 Å². The van der Waals surface area contributed by atoms with Crippen LogP contribution in [-0.2, 0) is 0 Å². The van der Waals surface area contributed by atoms with Gasteiger partial charge in [-0.3, -0.25) is 4.90 Å². The van der Waals surface area contributed by atoms with Crippen molar-refractivity contribution in [3.05, 3.63) is 0 Å². The quantitative estimate of drug-likeness (QED) is 0.749. The molecule has 0 aliphatic carbocycles. The Morgan fingerprint density at radius 2 is 2.13 bits per heavy atom. The molecule has 1 fully saturated rings. The largest absolute Gasteiger partial charge is 0.393 e. The second-order valence-corrected chi connectivity index (χ2v) is 5.50. The number of piperidine rings is 1. The SMILES string of the molecule is CCC(CC(N)=S)N1CCC(C)C(C)C1. The van der Waals surface area contributed by atoms with Crippen molar-refractivity contribution in [3.8, 4) is 0 Å². The molecule has 3 atom stereocenters. The molecule has 0 saturated carbocycles. The van der Waals surface area contributed by atoms with Crippen LogP contribution in [0.5, 0.6) is 0 Å². The van der Waals surface area contributed by atoms with Gasteiger partial charge in [0, 0.05) is 19.0 Å². The van der Waals surface area contributed by atoms with E-state index in [1.807, 2.05) is 0 Å². The molecular weight excluding hydrogens is 204 g/mol. The lowest BCUT2D eigenvalue weighted by Gasteiger charge is -2.39. The molecule has 1 rings (SSSR count). The normalized spacial score (nSPS) is 30.1. The van der Waals surface area contributed by atoms with Gasteiger partial charge in [0.2, 0.25) is 0 Å². The Balaban J connectivity index is 2.50. The maximum Gasteiger partial charge on any atom is 0.0743 e. The highest BCUT2D eigenvalue weighted by molar-refractivity contribution is 7.80. The molecule has 0 aromatic rings. The Bertz CT molecular complexity index is 218. The molecule has 1 aliphatic rings. The summed E-state index contributed by atoms with van der Waals surface area (Å²) >= 11 is 5.01. The summed E-state index contributed by atoms with van der Waals surface area (Å²) in [6, 6.07) is 0.567. The molecule has 3 heteroatoms. The third-order valence-corrected chi connectivity index (χ3v) is 3.96. The van der Waals surface area contributed by atoms with Crippen molar-refractivity contribution < 1.29 is 0 Å². The van der Waals surface area contributed by atoms with Gasteiger partial charge in [0.1, 0.15) is 0 Å². The minimum absolute atomic E-state index is 0.567. The molecule has 1 heterocycles. The highest BCUT2D eigenvalue weighted by atomic mass is 32.1. The van der Waals surface area contributed by atoms with E-state index in [-0.39, 0.29) is 0 Å². The summed E-state index contributed by atoms with van der Waals surface area (Å²) in [5.74, 6) is 1.67. The second kappa shape index (κ2) is 5.80. The van der Waals surface area contributed by atoms with E-state index < -0.39 is 0 Å². The van der Waals surface area contributed by atoms with Crippen LogP contribution in [0, 0.1) is 11.8 Å². The lowest BCUT2D eigenvalue weighted by molar-refractivity contribution is 0.0961. The molecule has 0 bridgehead atoms. The Hall–Kier alpha value is -0.150. The first kappa shape index (κ1) is 12.9. The molecule has 3 unspecified atom stereocenters. The highest BCUT2D eigenvalue weighted by Gasteiger charge is 2.26. The molecule has 0 radical (unpaired) electrons. The van der Waals surface area contributed by atoms with Crippen LogP contribution in [0.3, 0.4) is 0 Å². The third kappa shape index (κ3) is 3.72. The van der Waals surface area contributed by atoms with Crippen LogP contribution < -0.4 is 5.73 Å².